The van der Waals surface area contributed by atoms with Gasteiger partial charge in [0.05, 0.1) is 16.5 Å². The van der Waals surface area contributed by atoms with Gasteiger partial charge in [-0.25, -0.2) is 4.98 Å². The number of nitrogens with zero attached hydrogens (tertiary/aromatic N) is 1. The van der Waals surface area contributed by atoms with Crippen LogP contribution < -0.4 is 5.32 Å². The number of benzene rings is 1. The molecule has 0 bridgehead atoms. The van der Waals surface area contributed by atoms with Gasteiger partial charge in [-0.3, -0.25) is 4.79 Å². The molecule has 0 unspecified atom stereocenters. The van der Waals surface area contributed by atoms with Gasteiger partial charge in [0.2, 0.25) is 5.91 Å². The van der Waals surface area contributed by atoms with Gasteiger partial charge >= 0.3 is 0 Å². The Morgan fingerprint density at radius 3 is 3.10 bits per heavy atom. The Morgan fingerprint density at radius 2 is 2.30 bits per heavy atom. The van der Waals surface area contributed by atoms with Crippen LogP contribution in [0.25, 0.3) is 10.2 Å². The van der Waals surface area contributed by atoms with Crippen molar-refractivity contribution in [1.29, 1.82) is 0 Å². The largest absolute Gasteiger partial charge is 0.469 e. The summed E-state index contributed by atoms with van der Waals surface area (Å²) in [7, 11) is 0. The molecule has 3 rings (SSSR count). The predicted molar refractivity (Wildman–Crippen MR) is 80.0 cm³/mol. The molecule has 0 spiro atoms. The van der Waals surface area contributed by atoms with Gasteiger partial charge < -0.3 is 9.73 Å². The molecule has 0 saturated heterocycles. The van der Waals surface area contributed by atoms with Crippen molar-refractivity contribution in [3.63, 3.8) is 0 Å². The number of fused-ring (bicyclic) bond motifs is 1. The van der Waals surface area contributed by atoms with Crippen LogP contribution in [0.4, 0.5) is 5.13 Å². The van der Waals surface area contributed by atoms with Gasteiger partial charge in [0.1, 0.15) is 5.76 Å². The molecule has 4 nitrogen and oxygen atoms in total. The highest BCUT2D eigenvalue weighted by Gasteiger charge is 2.08. The molecule has 2 aromatic heterocycles. The molecule has 0 aliphatic carbocycles. The van der Waals surface area contributed by atoms with Crippen LogP contribution >= 0.6 is 11.3 Å². The average Bonchev–Trinajstić information content (AvgIpc) is 3.04. The van der Waals surface area contributed by atoms with Gasteiger partial charge in [-0.05, 0) is 36.8 Å². The third-order valence-electron chi connectivity index (χ3n) is 2.97. The zero-order valence-corrected chi connectivity index (χ0v) is 11.9. The van der Waals surface area contributed by atoms with E-state index in [0.29, 0.717) is 18.0 Å². The summed E-state index contributed by atoms with van der Waals surface area (Å²) in [4.78, 5) is 16.3. The van der Waals surface area contributed by atoms with Crippen LogP contribution in [0.1, 0.15) is 17.7 Å². The lowest BCUT2D eigenvalue weighted by Gasteiger charge is -1.99. The fourth-order valence-electron chi connectivity index (χ4n) is 1.96. The van der Waals surface area contributed by atoms with E-state index >= 15 is 0 Å². The first-order valence-corrected chi connectivity index (χ1v) is 7.22. The molecular weight excluding hydrogens is 272 g/mol. The maximum atomic E-state index is 11.9. The van der Waals surface area contributed by atoms with Crippen LogP contribution in [0.2, 0.25) is 0 Å². The Hall–Kier alpha value is -2.14. The van der Waals surface area contributed by atoms with Crippen molar-refractivity contribution < 1.29 is 9.21 Å². The Balaban J connectivity index is 1.65. The molecule has 20 heavy (non-hydrogen) atoms. The zero-order valence-electron chi connectivity index (χ0n) is 11.1. The number of rotatable bonds is 4. The number of anilines is 1. The highest BCUT2D eigenvalue weighted by molar-refractivity contribution is 7.22. The molecule has 1 amide bonds. The molecule has 5 heteroatoms. The van der Waals surface area contributed by atoms with Gasteiger partial charge in [-0.15, -0.1) is 0 Å². The van der Waals surface area contributed by atoms with E-state index in [-0.39, 0.29) is 5.91 Å². The Morgan fingerprint density at radius 1 is 1.40 bits per heavy atom. The maximum absolute atomic E-state index is 11.9. The summed E-state index contributed by atoms with van der Waals surface area (Å²) < 4.78 is 6.29. The lowest BCUT2D eigenvalue weighted by atomic mass is 10.2. The van der Waals surface area contributed by atoms with Gasteiger partial charge in [0, 0.05) is 12.8 Å². The van der Waals surface area contributed by atoms with Crippen molar-refractivity contribution in [2.75, 3.05) is 5.32 Å². The van der Waals surface area contributed by atoms with Crippen molar-refractivity contribution in [1.82, 2.24) is 4.98 Å². The molecule has 2 heterocycles. The predicted octanol–water partition coefficient (Wildman–Crippen LogP) is 3.77. The van der Waals surface area contributed by atoms with E-state index in [0.717, 1.165) is 16.0 Å². The molecule has 0 atom stereocenters. The fourth-order valence-corrected chi connectivity index (χ4v) is 2.94. The fraction of sp³-hybridized carbons (Fsp3) is 0.200. The van der Waals surface area contributed by atoms with E-state index in [2.05, 4.69) is 16.4 Å². The van der Waals surface area contributed by atoms with Gasteiger partial charge in [-0.2, -0.15) is 0 Å². The van der Waals surface area contributed by atoms with Crippen LogP contribution in [0.15, 0.2) is 41.0 Å². The molecule has 102 valence electrons. The summed E-state index contributed by atoms with van der Waals surface area (Å²) >= 11 is 1.50. The molecular formula is C15H14N2O2S. The van der Waals surface area contributed by atoms with E-state index in [1.807, 2.05) is 31.2 Å². The van der Waals surface area contributed by atoms with Gasteiger partial charge in [0.15, 0.2) is 5.13 Å². The number of amides is 1. The van der Waals surface area contributed by atoms with E-state index in [1.54, 1.807) is 6.26 Å². The molecule has 3 aromatic rings. The normalized spacial score (nSPS) is 10.8. The van der Waals surface area contributed by atoms with Crippen molar-refractivity contribution in [2.45, 2.75) is 19.8 Å². The first kappa shape index (κ1) is 12.9. The van der Waals surface area contributed by atoms with Crippen molar-refractivity contribution in [3.05, 3.63) is 47.9 Å². The standard InChI is InChI=1S/C15H14N2O2S/c1-10-4-6-12-13(9-10)20-15(16-12)17-14(18)7-5-11-3-2-8-19-11/h2-4,6,8-9H,5,7H2,1H3,(H,16,17,18). The van der Waals surface area contributed by atoms with Crippen LogP contribution in [-0.2, 0) is 11.2 Å². The summed E-state index contributed by atoms with van der Waals surface area (Å²) in [5.74, 6) is 0.775. The topological polar surface area (TPSA) is 55.1 Å². The third kappa shape index (κ3) is 2.88. The second-order valence-corrected chi connectivity index (χ2v) is 5.65. The highest BCUT2D eigenvalue weighted by atomic mass is 32.1. The number of nitrogens with one attached hydrogen (secondary N) is 1. The van der Waals surface area contributed by atoms with Crippen molar-refractivity contribution >= 4 is 32.6 Å². The first-order valence-electron chi connectivity index (χ1n) is 6.40. The van der Waals surface area contributed by atoms with Crippen LogP contribution in [0.3, 0.4) is 0 Å². The van der Waals surface area contributed by atoms with Crippen LogP contribution in [0, 0.1) is 6.92 Å². The summed E-state index contributed by atoms with van der Waals surface area (Å²) in [5.41, 5.74) is 2.11. The number of carbonyl (C=O) groups excluding carboxylic acids is 1. The number of furan rings is 1. The van der Waals surface area contributed by atoms with Crippen molar-refractivity contribution in [2.24, 2.45) is 0 Å². The number of hydrogen-bond donors (Lipinski definition) is 1. The molecule has 0 fully saturated rings. The summed E-state index contributed by atoms with van der Waals surface area (Å²) in [6, 6.07) is 9.76. The molecule has 1 aromatic carbocycles. The first-order chi connectivity index (χ1) is 9.70. The minimum Gasteiger partial charge on any atom is -0.469 e. The van der Waals surface area contributed by atoms with E-state index in [4.69, 9.17) is 4.42 Å². The Kier molecular flexibility index (Phi) is 3.52. The Labute approximate surface area is 120 Å². The second-order valence-electron chi connectivity index (χ2n) is 4.62. The average molecular weight is 286 g/mol. The highest BCUT2D eigenvalue weighted by Crippen LogP contribution is 2.26. The minimum atomic E-state index is -0.0443. The second kappa shape index (κ2) is 5.46. The monoisotopic (exact) mass is 286 g/mol. The van der Waals surface area contributed by atoms with Gasteiger partial charge in [-0.1, -0.05) is 17.4 Å². The van der Waals surface area contributed by atoms with Crippen LogP contribution in [0.5, 0.6) is 0 Å². The number of hydrogen-bond acceptors (Lipinski definition) is 4. The molecule has 0 aliphatic rings. The number of carbonyl (C=O) groups is 1. The summed E-state index contributed by atoms with van der Waals surface area (Å²) in [6.07, 6.45) is 2.61. The Bertz CT molecular complexity index is 732. The maximum Gasteiger partial charge on any atom is 0.226 e. The van der Waals surface area contributed by atoms with Crippen LogP contribution in [-0.4, -0.2) is 10.9 Å². The lowest BCUT2D eigenvalue weighted by molar-refractivity contribution is -0.116. The molecule has 1 N–H and O–H groups in total. The zero-order chi connectivity index (χ0) is 13.9. The minimum absolute atomic E-state index is 0.0443. The number of aromatic nitrogens is 1. The number of thiazole rings is 1. The number of aryl methyl sites for hydroxylation is 2. The van der Waals surface area contributed by atoms with E-state index in [9.17, 15) is 4.79 Å². The molecule has 0 radical (unpaired) electrons. The summed E-state index contributed by atoms with van der Waals surface area (Å²) in [5, 5.41) is 3.49. The third-order valence-corrected chi connectivity index (χ3v) is 3.90. The quantitative estimate of drug-likeness (QED) is 0.794. The molecule has 0 aliphatic heterocycles. The van der Waals surface area contributed by atoms with E-state index in [1.165, 1.54) is 16.9 Å². The lowest BCUT2D eigenvalue weighted by Crippen LogP contribution is -2.11. The van der Waals surface area contributed by atoms with Crippen molar-refractivity contribution in [3.8, 4) is 0 Å². The van der Waals surface area contributed by atoms with E-state index < -0.39 is 0 Å². The smallest absolute Gasteiger partial charge is 0.226 e. The SMILES string of the molecule is Cc1ccc2nc(NC(=O)CCc3ccco3)sc2c1. The van der Waals surface area contributed by atoms with Gasteiger partial charge in [0.25, 0.3) is 0 Å². The molecule has 0 saturated carbocycles. The summed E-state index contributed by atoms with van der Waals surface area (Å²) in [6.45, 7) is 2.04.